The predicted octanol–water partition coefficient (Wildman–Crippen LogP) is 3.66. The topological polar surface area (TPSA) is 9.23 Å². The second-order valence-electron chi connectivity index (χ2n) is 3.14. The third-order valence-electron chi connectivity index (χ3n) is 2.33. The summed E-state index contributed by atoms with van der Waals surface area (Å²) in [6, 6.07) is 3.95. The molecule has 0 fully saturated rings. The molecule has 0 aliphatic rings. The summed E-state index contributed by atoms with van der Waals surface area (Å²) in [5, 5.41) is 0. The van der Waals surface area contributed by atoms with E-state index in [0.717, 1.165) is 16.9 Å². The zero-order valence-corrected chi connectivity index (χ0v) is 9.95. The molecule has 0 bridgehead atoms. The molecule has 0 heterocycles. The van der Waals surface area contributed by atoms with Crippen molar-refractivity contribution >= 4 is 23.2 Å². The van der Waals surface area contributed by atoms with Gasteiger partial charge in [-0.1, -0.05) is 6.07 Å². The molecule has 3 heteroatoms. The highest BCUT2D eigenvalue weighted by molar-refractivity contribution is 6.18. The van der Waals surface area contributed by atoms with Crippen molar-refractivity contribution in [2.24, 2.45) is 0 Å². The molecule has 78 valence electrons. The van der Waals surface area contributed by atoms with E-state index in [9.17, 15) is 0 Å². The molecular weight excluding hydrogens is 219 g/mol. The molecule has 1 aromatic carbocycles. The van der Waals surface area contributed by atoms with Gasteiger partial charge in [0.05, 0.1) is 5.88 Å². The minimum absolute atomic E-state index is 0.510. The summed E-state index contributed by atoms with van der Waals surface area (Å²) in [4.78, 5) is 0. The lowest BCUT2D eigenvalue weighted by Crippen LogP contribution is -2.01. The summed E-state index contributed by atoms with van der Waals surface area (Å²) < 4.78 is 5.49. The number of alkyl halides is 2. The SMILES string of the molecule is Cc1c(CCl)ccc(OCCCl)c1C. The fraction of sp³-hybridized carbons (Fsp3) is 0.455. The monoisotopic (exact) mass is 232 g/mol. The Bertz CT molecular complexity index is 310. The zero-order chi connectivity index (χ0) is 10.6. The van der Waals surface area contributed by atoms with Crippen molar-refractivity contribution < 1.29 is 4.74 Å². The molecule has 0 saturated carbocycles. The molecule has 1 aromatic rings. The third kappa shape index (κ3) is 2.55. The van der Waals surface area contributed by atoms with Crippen LogP contribution in [0, 0.1) is 13.8 Å². The lowest BCUT2D eigenvalue weighted by Gasteiger charge is -2.12. The number of hydrogen-bond acceptors (Lipinski definition) is 1. The van der Waals surface area contributed by atoms with E-state index in [0.29, 0.717) is 18.4 Å². The van der Waals surface area contributed by atoms with Gasteiger partial charge in [-0.05, 0) is 36.6 Å². The molecule has 1 rings (SSSR count). The van der Waals surface area contributed by atoms with Crippen molar-refractivity contribution in [2.45, 2.75) is 19.7 Å². The average Bonchev–Trinajstić information content (AvgIpc) is 2.20. The summed E-state index contributed by atoms with van der Waals surface area (Å²) in [7, 11) is 0. The maximum Gasteiger partial charge on any atom is 0.122 e. The van der Waals surface area contributed by atoms with Gasteiger partial charge in [-0.3, -0.25) is 0 Å². The molecule has 0 aliphatic carbocycles. The van der Waals surface area contributed by atoms with Gasteiger partial charge in [0.15, 0.2) is 0 Å². The largest absolute Gasteiger partial charge is 0.492 e. The summed E-state index contributed by atoms with van der Waals surface area (Å²) in [5.74, 6) is 1.95. The Morgan fingerprint density at radius 3 is 2.43 bits per heavy atom. The first-order valence-electron chi connectivity index (χ1n) is 4.54. The molecule has 14 heavy (non-hydrogen) atoms. The van der Waals surface area contributed by atoms with Gasteiger partial charge in [0, 0.05) is 5.88 Å². The van der Waals surface area contributed by atoms with Crippen LogP contribution in [0.3, 0.4) is 0 Å². The second-order valence-corrected chi connectivity index (χ2v) is 3.79. The Hall–Kier alpha value is -0.400. The molecule has 0 radical (unpaired) electrons. The van der Waals surface area contributed by atoms with E-state index in [4.69, 9.17) is 27.9 Å². The van der Waals surface area contributed by atoms with Gasteiger partial charge in [-0.15, -0.1) is 23.2 Å². The Labute approximate surface area is 95.0 Å². The van der Waals surface area contributed by atoms with Crippen molar-refractivity contribution in [1.29, 1.82) is 0 Å². The van der Waals surface area contributed by atoms with Gasteiger partial charge in [-0.2, -0.15) is 0 Å². The molecule has 0 saturated heterocycles. The summed E-state index contributed by atoms with van der Waals surface area (Å²) in [5.41, 5.74) is 3.50. The van der Waals surface area contributed by atoms with Crippen LogP contribution in [0.15, 0.2) is 12.1 Å². The molecule has 0 spiro atoms. The quantitative estimate of drug-likeness (QED) is 0.721. The van der Waals surface area contributed by atoms with E-state index in [1.807, 2.05) is 19.1 Å². The first-order valence-corrected chi connectivity index (χ1v) is 5.61. The fourth-order valence-corrected chi connectivity index (χ4v) is 1.67. The first-order chi connectivity index (χ1) is 6.70. The van der Waals surface area contributed by atoms with Crippen molar-refractivity contribution in [2.75, 3.05) is 12.5 Å². The molecule has 0 aliphatic heterocycles. The standard InChI is InChI=1S/C11H14Cl2O/c1-8-9(2)11(14-6-5-12)4-3-10(8)7-13/h3-4H,5-7H2,1-2H3. The van der Waals surface area contributed by atoms with Crippen molar-refractivity contribution in [3.05, 3.63) is 28.8 Å². The van der Waals surface area contributed by atoms with Gasteiger partial charge in [-0.25, -0.2) is 0 Å². The number of ether oxygens (including phenoxy) is 1. The Kier molecular flexibility index (Phi) is 4.56. The van der Waals surface area contributed by atoms with E-state index in [1.54, 1.807) is 0 Å². The maximum atomic E-state index is 5.80. The van der Waals surface area contributed by atoms with Crippen LogP contribution >= 0.6 is 23.2 Å². The van der Waals surface area contributed by atoms with Gasteiger partial charge < -0.3 is 4.74 Å². The van der Waals surface area contributed by atoms with E-state index in [1.165, 1.54) is 5.56 Å². The fourth-order valence-electron chi connectivity index (χ4n) is 1.30. The number of halogens is 2. The van der Waals surface area contributed by atoms with Crippen LogP contribution < -0.4 is 4.74 Å². The minimum atomic E-state index is 0.510. The smallest absolute Gasteiger partial charge is 0.122 e. The van der Waals surface area contributed by atoms with Gasteiger partial charge in [0.2, 0.25) is 0 Å². The molecule has 1 nitrogen and oxygen atoms in total. The predicted molar refractivity (Wildman–Crippen MR) is 61.7 cm³/mol. The van der Waals surface area contributed by atoms with Gasteiger partial charge in [0.25, 0.3) is 0 Å². The summed E-state index contributed by atoms with van der Waals surface area (Å²) >= 11 is 11.4. The molecule has 0 atom stereocenters. The van der Waals surface area contributed by atoms with Crippen molar-refractivity contribution in [3.63, 3.8) is 0 Å². The third-order valence-corrected chi connectivity index (χ3v) is 2.77. The van der Waals surface area contributed by atoms with Crippen LogP contribution in [0.2, 0.25) is 0 Å². The molecule has 0 unspecified atom stereocenters. The molecule has 0 amide bonds. The van der Waals surface area contributed by atoms with Crippen LogP contribution in [0.25, 0.3) is 0 Å². The van der Waals surface area contributed by atoms with Crippen LogP contribution in [0.1, 0.15) is 16.7 Å². The van der Waals surface area contributed by atoms with Crippen LogP contribution in [-0.4, -0.2) is 12.5 Å². The number of hydrogen-bond donors (Lipinski definition) is 0. The normalized spacial score (nSPS) is 10.3. The zero-order valence-electron chi connectivity index (χ0n) is 8.44. The highest BCUT2D eigenvalue weighted by Gasteiger charge is 2.05. The number of rotatable bonds is 4. The van der Waals surface area contributed by atoms with Crippen LogP contribution in [-0.2, 0) is 5.88 Å². The summed E-state index contributed by atoms with van der Waals surface area (Å²) in [6.45, 7) is 4.64. The van der Waals surface area contributed by atoms with E-state index in [2.05, 4.69) is 6.92 Å². The van der Waals surface area contributed by atoms with Crippen LogP contribution in [0.5, 0.6) is 5.75 Å². The highest BCUT2D eigenvalue weighted by Crippen LogP contribution is 2.25. The molecular formula is C11H14Cl2O. The minimum Gasteiger partial charge on any atom is -0.492 e. The van der Waals surface area contributed by atoms with Crippen LogP contribution in [0.4, 0.5) is 0 Å². The van der Waals surface area contributed by atoms with Crippen molar-refractivity contribution in [3.8, 4) is 5.75 Å². The second kappa shape index (κ2) is 5.47. The van der Waals surface area contributed by atoms with Gasteiger partial charge in [0.1, 0.15) is 12.4 Å². The lowest BCUT2D eigenvalue weighted by atomic mass is 10.0. The Morgan fingerprint density at radius 2 is 1.86 bits per heavy atom. The Balaban J connectivity index is 2.92. The maximum absolute atomic E-state index is 5.80. The summed E-state index contributed by atoms with van der Waals surface area (Å²) in [6.07, 6.45) is 0. The molecule has 0 N–H and O–H groups in total. The lowest BCUT2D eigenvalue weighted by molar-refractivity contribution is 0.340. The van der Waals surface area contributed by atoms with Gasteiger partial charge >= 0.3 is 0 Å². The van der Waals surface area contributed by atoms with E-state index >= 15 is 0 Å². The first kappa shape index (κ1) is 11.7. The van der Waals surface area contributed by atoms with Crippen molar-refractivity contribution in [1.82, 2.24) is 0 Å². The molecule has 0 aromatic heterocycles. The van der Waals surface area contributed by atoms with E-state index < -0.39 is 0 Å². The number of benzene rings is 1. The Morgan fingerprint density at radius 1 is 1.14 bits per heavy atom. The highest BCUT2D eigenvalue weighted by atomic mass is 35.5. The average molecular weight is 233 g/mol. The van der Waals surface area contributed by atoms with E-state index in [-0.39, 0.29) is 0 Å².